The average molecular weight is 631 g/mol. The van der Waals surface area contributed by atoms with Gasteiger partial charge in [0.25, 0.3) is 5.91 Å². The molecule has 0 atom stereocenters. The van der Waals surface area contributed by atoms with Gasteiger partial charge in [-0.05, 0) is 38.4 Å². The number of H-pyrrole nitrogens is 1. The number of nitrogens with zero attached hydrogens (tertiary/aromatic N) is 4. The van der Waals surface area contributed by atoms with E-state index < -0.39 is 24.3 Å². The van der Waals surface area contributed by atoms with Gasteiger partial charge in [0.05, 0.1) is 22.1 Å². The Balaban J connectivity index is 0.000000367. The van der Waals surface area contributed by atoms with Crippen molar-refractivity contribution in [3.63, 3.8) is 0 Å². The zero-order valence-corrected chi connectivity index (χ0v) is 23.0. The first-order valence-electron chi connectivity index (χ1n) is 12.4. The Kier molecular flexibility index (Phi) is 12.3. The standard InChI is InChI=1S/C20H27ClN6O.2C2HF3O2/c1-25-11-13-26(14-12-25)16-6-5-15(24-20(28)19-22-7-8-23-19)18(17(16)21)27-9-3-2-4-10-27;2*3-2(4,5)1(6)7/h5-8H,2-4,9-14H2,1H3,(H,22,23)(H,24,28);2*(H,6,7). The molecule has 42 heavy (non-hydrogen) atoms. The van der Waals surface area contributed by atoms with Crippen LogP contribution in [0, 0.1) is 0 Å². The molecule has 1 amide bonds. The quantitative estimate of drug-likeness (QED) is 0.363. The summed E-state index contributed by atoms with van der Waals surface area (Å²) in [5.41, 5.74) is 2.72. The number of alkyl halides is 6. The van der Waals surface area contributed by atoms with Crippen LogP contribution in [-0.2, 0) is 9.59 Å². The number of piperazine rings is 1. The maximum Gasteiger partial charge on any atom is 0.490 e. The number of carboxylic acid groups (broad SMARTS) is 2. The normalized spacial score (nSPS) is 16.0. The Morgan fingerprint density at radius 1 is 0.881 bits per heavy atom. The molecule has 0 saturated carbocycles. The number of aliphatic carboxylic acids is 2. The van der Waals surface area contributed by atoms with Crippen LogP contribution in [0.5, 0.6) is 0 Å². The molecule has 0 spiro atoms. The average Bonchev–Trinajstić information content (AvgIpc) is 3.45. The number of carbonyl (C=O) groups excluding carboxylic acids is 1. The summed E-state index contributed by atoms with van der Waals surface area (Å²) in [6.45, 7) is 5.85. The van der Waals surface area contributed by atoms with Gasteiger partial charge in [-0.25, -0.2) is 14.6 Å². The lowest BCUT2D eigenvalue weighted by Crippen LogP contribution is -2.44. The summed E-state index contributed by atoms with van der Waals surface area (Å²) in [6, 6.07) is 4.00. The Morgan fingerprint density at radius 2 is 1.40 bits per heavy atom. The number of hydrogen-bond donors (Lipinski definition) is 4. The van der Waals surface area contributed by atoms with Crippen molar-refractivity contribution in [2.24, 2.45) is 0 Å². The molecule has 0 unspecified atom stereocenters. The van der Waals surface area contributed by atoms with Crippen molar-refractivity contribution in [2.45, 2.75) is 31.6 Å². The molecule has 0 aliphatic carbocycles. The van der Waals surface area contributed by atoms with Gasteiger partial charge in [-0.3, -0.25) is 4.79 Å². The lowest BCUT2D eigenvalue weighted by Gasteiger charge is -2.37. The highest BCUT2D eigenvalue weighted by Crippen LogP contribution is 2.42. The van der Waals surface area contributed by atoms with E-state index in [1.807, 2.05) is 12.1 Å². The number of aromatic nitrogens is 2. The number of carbonyl (C=O) groups is 3. The molecule has 18 heteroatoms. The summed E-state index contributed by atoms with van der Waals surface area (Å²) in [7, 11) is 2.14. The fraction of sp³-hybridized carbons (Fsp3) is 0.500. The molecule has 2 aromatic rings. The zero-order chi connectivity index (χ0) is 31.7. The van der Waals surface area contributed by atoms with Crippen molar-refractivity contribution < 1.29 is 50.9 Å². The number of piperidine rings is 1. The van der Waals surface area contributed by atoms with Crippen molar-refractivity contribution in [3.05, 3.63) is 35.4 Å². The Labute approximate surface area is 241 Å². The van der Waals surface area contributed by atoms with Crippen LogP contribution in [0.3, 0.4) is 0 Å². The van der Waals surface area contributed by atoms with Gasteiger partial charge in [0.1, 0.15) is 0 Å². The zero-order valence-electron chi connectivity index (χ0n) is 22.2. The molecule has 0 bridgehead atoms. The number of anilines is 3. The highest BCUT2D eigenvalue weighted by atomic mass is 35.5. The van der Waals surface area contributed by atoms with E-state index >= 15 is 0 Å². The van der Waals surface area contributed by atoms with Gasteiger partial charge in [-0.2, -0.15) is 26.3 Å². The van der Waals surface area contributed by atoms with Crippen molar-refractivity contribution in [1.82, 2.24) is 14.9 Å². The van der Waals surface area contributed by atoms with E-state index in [9.17, 15) is 31.1 Å². The number of likely N-dealkylation sites (N-methyl/N-ethyl adjacent to an activating group) is 1. The van der Waals surface area contributed by atoms with E-state index in [2.05, 4.69) is 37.0 Å². The Morgan fingerprint density at radius 3 is 1.86 bits per heavy atom. The molecule has 4 N–H and O–H groups in total. The lowest BCUT2D eigenvalue weighted by atomic mass is 10.1. The Hall–Kier alpha value is -3.73. The summed E-state index contributed by atoms with van der Waals surface area (Å²) >= 11 is 6.95. The number of halogens is 7. The SMILES string of the molecule is CN1CCN(c2ccc(NC(=O)c3ncc[nH]3)c(N3CCCCC3)c2Cl)CC1.O=C(O)C(F)(F)F.O=C(O)C(F)(F)F. The molecule has 1 aromatic carbocycles. The first-order valence-corrected chi connectivity index (χ1v) is 12.8. The van der Waals surface area contributed by atoms with Crippen molar-refractivity contribution in [3.8, 4) is 0 Å². The van der Waals surface area contributed by atoms with Crippen molar-refractivity contribution in [2.75, 3.05) is 61.4 Å². The van der Waals surface area contributed by atoms with E-state index in [1.54, 1.807) is 12.4 Å². The molecule has 11 nitrogen and oxygen atoms in total. The summed E-state index contributed by atoms with van der Waals surface area (Å²) in [6.07, 6.45) is -3.44. The summed E-state index contributed by atoms with van der Waals surface area (Å²) < 4.78 is 63.5. The second-order valence-electron chi connectivity index (χ2n) is 9.13. The van der Waals surface area contributed by atoms with Gasteiger partial charge in [-0.15, -0.1) is 0 Å². The summed E-state index contributed by atoms with van der Waals surface area (Å²) in [5.74, 6) is -5.48. The van der Waals surface area contributed by atoms with Crippen LogP contribution in [0.2, 0.25) is 5.02 Å². The molecular weight excluding hydrogens is 602 g/mol. The first kappa shape index (κ1) is 34.5. The largest absolute Gasteiger partial charge is 0.490 e. The molecule has 234 valence electrons. The maximum atomic E-state index is 12.6. The van der Waals surface area contributed by atoms with Crippen LogP contribution in [0.4, 0.5) is 43.4 Å². The maximum absolute atomic E-state index is 12.6. The third kappa shape index (κ3) is 10.3. The van der Waals surface area contributed by atoms with Crippen molar-refractivity contribution >= 4 is 46.5 Å². The number of nitrogens with one attached hydrogen (secondary N) is 2. The van der Waals surface area contributed by atoms with Gasteiger partial charge < -0.3 is 35.2 Å². The van der Waals surface area contributed by atoms with E-state index in [0.29, 0.717) is 5.82 Å². The summed E-state index contributed by atoms with van der Waals surface area (Å²) in [5, 5.41) is 18.0. The molecule has 1 aromatic heterocycles. The van der Waals surface area contributed by atoms with Crippen LogP contribution in [0.1, 0.15) is 29.9 Å². The van der Waals surface area contributed by atoms with Crippen LogP contribution in [0.15, 0.2) is 24.5 Å². The number of hydrogen-bond acceptors (Lipinski definition) is 7. The number of rotatable bonds is 4. The van der Waals surface area contributed by atoms with Crippen LogP contribution in [0.25, 0.3) is 0 Å². The van der Waals surface area contributed by atoms with E-state index in [0.717, 1.165) is 74.2 Å². The molecule has 2 fully saturated rings. The molecule has 0 radical (unpaired) electrons. The van der Waals surface area contributed by atoms with Crippen LogP contribution in [-0.4, -0.2) is 102 Å². The highest BCUT2D eigenvalue weighted by Gasteiger charge is 2.39. The van der Waals surface area contributed by atoms with Gasteiger partial charge in [0.15, 0.2) is 5.82 Å². The van der Waals surface area contributed by atoms with Gasteiger partial charge in [0, 0.05) is 51.7 Å². The van der Waals surface area contributed by atoms with E-state index in [4.69, 9.17) is 31.4 Å². The molecule has 3 heterocycles. The Bertz CT molecular complexity index is 1170. The minimum atomic E-state index is -5.08. The van der Waals surface area contributed by atoms with Gasteiger partial charge in [0.2, 0.25) is 0 Å². The van der Waals surface area contributed by atoms with Gasteiger partial charge in [-0.1, -0.05) is 11.6 Å². The summed E-state index contributed by atoms with van der Waals surface area (Å²) in [4.78, 5) is 44.2. The minimum absolute atomic E-state index is 0.258. The predicted octanol–water partition coefficient (Wildman–Crippen LogP) is 4.32. The second kappa shape index (κ2) is 14.9. The van der Waals surface area contributed by atoms with E-state index in [1.165, 1.54) is 6.42 Å². The number of carboxylic acids is 2. The fourth-order valence-electron chi connectivity index (χ4n) is 3.94. The molecular formula is C24H29ClF6N6O5. The first-order chi connectivity index (χ1) is 19.5. The molecule has 4 rings (SSSR count). The monoisotopic (exact) mass is 630 g/mol. The molecule has 2 aliphatic rings. The number of amides is 1. The number of benzene rings is 1. The predicted molar refractivity (Wildman–Crippen MR) is 141 cm³/mol. The number of imidazole rings is 1. The second-order valence-corrected chi connectivity index (χ2v) is 9.51. The van der Waals surface area contributed by atoms with Crippen LogP contribution >= 0.6 is 11.6 Å². The highest BCUT2D eigenvalue weighted by molar-refractivity contribution is 6.37. The topological polar surface area (TPSA) is 142 Å². The van der Waals surface area contributed by atoms with Gasteiger partial charge >= 0.3 is 24.3 Å². The number of aromatic amines is 1. The third-order valence-corrected chi connectivity index (χ3v) is 6.43. The fourth-order valence-corrected chi connectivity index (χ4v) is 4.35. The molecule has 2 aliphatic heterocycles. The minimum Gasteiger partial charge on any atom is -0.475 e. The van der Waals surface area contributed by atoms with Crippen molar-refractivity contribution in [1.29, 1.82) is 0 Å². The van der Waals surface area contributed by atoms with Crippen LogP contribution < -0.4 is 15.1 Å². The lowest BCUT2D eigenvalue weighted by molar-refractivity contribution is -0.193. The molecule has 2 saturated heterocycles. The third-order valence-electron chi connectivity index (χ3n) is 6.06. The smallest absolute Gasteiger partial charge is 0.475 e. The van der Waals surface area contributed by atoms with E-state index in [-0.39, 0.29) is 5.91 Å².